The maximum absolute atomic E-state index is 10.5. The molecule has 0 unspecified atom stereocenters. The molecule has 0 radical (unpaired) electrons. The van der Waals surface area contributed by atoms with Crippen molar-refractivity contribution in [2.45, 2.75) is 13.8 Å². The molecule has 16 heavy (non-hydrogen) atoms. The first-order valence-corrected chi connectivity index (χ1v) is 4.07. The first kappa shape index (κ1) is 18.8. The van der Waals surface area contributed by atoms with E-state index in [1.165, 1.54) is 0 Å². The van der Waals surface area contributed by atoms with Gasteiger partial charge in [-0.05, 0) is 0 Å². The topological polar surface area (TPSA) is 34.1 Å². The van der Waals surface area contributed by atoms with Crippen molar-refractivity contribution in [1.29, 1.82) is 0 Å². The summed E-state index contributed by atoms with van der Waals surface area (Å²) in [6, 6.07) is 9.02. The number of hydrogen-bond donors (Lipinski definition) is 0. The Labute approximate surface area is 142 Å². The Morgan fingerprint density at radius 2 is 1.25 bits per heavy atom. The molecule has 4 heteroatoms. The zero-order valence-corrected chi connectivity index (χ0v) is 17.3. The summed E-state index contributed by atoms with van der Waals surface area (Å²) in [5.41, 5.74) is 0.818. The molecule has 0 fully saturated rings. The Balaban J connectivity index is 0. The maximum Gasteiger partial charge on any atom is 2.00 e. The number of rotatable bonds is 2. The summed E-state index contributed by atoms with van der Waals surface area (Å²) in [6.45, 7) is 3.24. The van der Waals surface area contributed by atoms with Gasteiger partial charge in [-0.3, -0.25) is 22.9 Å². The van der Waals surface area contributed by atoms with Crippen LogP contribution in [0.25, 0.3) is 11.1 Å². The van der Waals surface area contributed by atoms with E-state index in [1.807, 2.05) is 0 Å². The summed E-state index contributed by atoms with van der Waals surface area (Å²) >= 11 is 0. The molecular formula is C12H8O2U2. The van der Waals surface area contributed by atoms with E-state index in [9.17, 15) is 9.59 Å². The van der Waals surface area contributed by atoms with Crippen LogP contribution in [0.4, 0.5) is 0 Å². The van der Waals surface area contributed by atoms with Crippen molar-refractivity contribution in [3.63, 3.8) is 0 Å². The molecule has 0 amide bonds. The van der Waals surface area contributed by atoms with Crippen LogP contribution in [-0.2, 0) is 9.59 Å². The second-order valence-corrected chi connectivity index (χ2v) is 2.83. The first-order valence-electron chi connectivity index (χ1n) is 4.07. The third-order valence-corrected chi connectivity index (χ3v) is 1.84. The van der Waals surface area contributed by atoms with Gasteiger partial charge in [0.2, 0.25) is 0 Å². The largest absolute Gasteiger partial charge is 2.00 e. The van der Waals surface area contributed by atoms with Gasteiger partial charge in [0, 0.05) is 0 Å². The molecule has 0 aliphatic rings. The van der Waals surface area contributed by atoms with Crippen molar-refractivity contribution in [3.05, 3.63) is 34.7 Å². The molecule has 0 N–H and O–H groups in total. The predicted octanol–water partition coefficient (Wildman–Crippen LogP) is -0.152. The molecule has 0 spiro atoms. The summed E-state index contributed by atoms with van der Waals surface area (Å²) in [6.07, 6.45) is 3.55. The standard InChI is InChI=1S/C12H8O2.2U/c1-9(7-13)11-5-3-4-6-12(11)10(2)8-14;;/h3-4H,1-2H3;;/q-4;2*+2/b11-9+,12-10+;;. The van der Waals surface area contributed by atoms with E-state index < -0.39 is 0 Å². The maximum atomic E-state index is 10.5. The van der Waals surface area contributed by atoms with Gasteiger partial charge in [-0.25, -0.2) is 17.7 Å². The van der Waals surface area contributed by atoms with Crippen molar-refractivity contribution in [1.82, 2.24) is 0 Å². The molecule has 0 aliphatic carbocycles. The molecule has 2 nitrogen and oxygen atoms in total. The van der Waals surface area contributed by atoms with Gasteiger partial charge in [0.05, 0.1) is 0 Å². The second kappa shape index (κ2) is 9.44. The summed E-state index contributed by atoms with van der Waals surface area (Å²) in [4.78, 5) is 20.9. The van der Waals surface area contributed by atoms with E-state index in [4.69, 9.17) is 0 Å². The van der Waals surface area contributed by atoms with Crippen LogP contribution >= 0.6 is 0 Å². The summed E-state index contributed by atoms with van der Waals surface area (Å²) in [7, 11) is 0. The molecule has 1 aromatic rings. The van der Waals surface area contributed by atoms with Crippen LogP contribution in [0.3, 0.4) is 0 Å². The fourth-order valence-electron chi connectivity index (χ4n) is 1.09. The van der Waals surface area contributed by atoms with Gasteiger partial charge in [-0.15, -0.1) is 6.92 Å². The van der Waals surface area contributed by atoms with Gasteiger partial charge in [0.15, 0.2) is 0 Å². The quantitative estimate of drug-likeness (QED) is 0.414. The Morgan fingerprint density at radius 3 is 1.50 bits per heavy atom. The van der Waals surface area contributed by atoms with Crippen LogP contribution in [0.15, 0.2) is 12.1 Å². The fourth-order valence-corrected chi connectivity index (χ4v) is 1.09. The zero-order valence-electron chi connectivity index (χ0n) is 8.97. The van der Waals surface area contributed by atoms with Gasteiger partial charge < -0.3 is 14.8 Å². The third-order valence-electron chi connectivity index (χ3n) is 1.84. The van der Waals surface area contributed by atoms with E-state index >= 15 is 0 Å². The number of carbonyl (C=O) groups excluding carboxylic acids is 2. The van der Waals surface area contributed by atoms with Gasteiger partial charge in [0.1, 0.15) is 0 Å². The van der Waals surface area contributed by atoms with Gasteiger partial charge in [-0.2, -0.15) is 0 Å². The monoisotopic (exact) mass is 660 g/mol. The first-order chi connectivity index (χ1) is 6.70. The van der Waals surface area contributed by atoms with Gasteiger partial charge >= 0.3 is 62.2 Å². The van der Waals surface area contributed by atoms with Crippen LogP contribution in [0, 0.1) is 74.4 Å². The SMILES string of the molecule is C/C([C-]=O)=c1/[c-]cc[c-]/c1=C(/C)[C-]=O.[U+2].[U+2]. The predicted molar refractivity (Wildman–Crippen MR) is 52.9 cm³/mol. The second-order valence-electron chi connectivity index (χ2n) is 2.83. The summed E-state index contributed by atoms with van der Waals surface area (Å²) in [5.74, 6) is 0. The van der Waals surface area contributed by atoms with E-state index in [1.54, 1.807) is 38.6 Å². The minimum atomic E-state index is 0. The normalized spacial score (nSPS) is 12.6. The third kappa shape index (κ3) is 4.72. The molecule has 76 valence electrons. The molecule has 0 bridgehead atoms. The van der Waals surface area contributed by atoms with E-state index in [0.717, 1.165) is 0 Å². The average Bonchev–Trinajstić information content (AvgIpc) is 2.27. The van der Waals surface area contributed by atoms with Crippen molar-refractivity contribution in [2.75, 3.05) is 0 Å². The van der Waals surface area contributed by atoms with E-state index in [2.05, 4.69) is 12.1 Å². The molecular weight excluding hydrogens is 652 g/mol. The minimum Gasteiger partial charge on any atom is -0.430 e. The Morgan fingerprint density at radius 1 is 0.938 bits per heavy atom. The molecule has 0 saturated carbocycles. The number of hydrogen-bond acceptors (Lipinski definition) is 2. The van der Waals surface area contributed by atoms with Crippen molar-refractivity contribution < 1.29 is 71.8 Å². The minimum absolute atomic E-state index is 0. The smallest absolute Gasteiger partial charge is 0.430 e. The van der Waals surface area contributed by atoms with Crippen LogP contribution < -0.4 is 10.4 Å². The molecule has 0 heterocycles. The molecule has 0 aliphatic heterocycles. The van der Waals surface area contributed by atoms with E-state index in [-0.39, 0.29) is 62.2 Å². The molecule has 1 rings (SSSR count). The van der Waals surface area contributed by atoms with Gasteiger partial charge in [0.25, 0.3) is 0 Å². The van der Waals surface area contributed by atoms with Crippen molar-refractivity contribution >= 4 is 23.7 Å². The summed E-state index contributed by atoms with van der Waals surface area (Å²) < 4.78 is 0. The Kier molecular flexibility index (Phi) is 11.1. The Bertz CT molecular complexity index is 433. The molecule has 0 saturated heterocycles. The number of benzene rings is 1. The summed E-state index contributed by atoms with van der Waals surface area (Å²) in [5, 5.41) is 1.12. The molecule has 0 atom stereocenters. The fraction of sp³-hybridized carbons (Fsp3) is 0.167. The average molecular weight is 660 g/mol. The van der Waals surface area contributed by atoms with Crippen LogP contribution in [-0.4, -0.2) is 12.6 Å². The van der Waals surface area contributed by atoms with Crippen LogP contribution in [0.1, 0.15) is 13.8 Å². The Hall–Kier alpha value is 0.404. The molecule has 1 aromatic carbocycles. The van der Waals surface area contributed by atoms with Crippen molar-refractivity contribution in [3.8, 4) is 0 Å². The van der Waals surface area contributed by atoms with Gasteiger partial charge in [-0.1, -0.05) is 19.5 Å². The van der Waals surface area contributed by atoms with Crippen molar-refractivity contribution in [2.24, 2.45) is 0 Å². The van der Waals surface area contributed by atoms with E-state index in [0.29, 0.717) is 21.6 Å². The zero-order chi connectivity index (χ0) is 10.6. The van der Waals surface area contributed by atoms with Crippen LogP contribution in [0.2, 0.25) is 0 Å². The molecule has 0 aromatic heterocycles. The van der Waals surface area contributed by atoms with Crippen LogP contribution in [0.5, 0.6) is 0 Å².